The third kappa shape index (κ3) is 5.03. The maximum atomic E-state index is 13.0. The van der Waals surface area contributed by atoms with Gasteiger partial charge in [-0.15, -0.1) is 0 Å². The van der Waals surface area contributed by atoms with Gasteiger partial charge in [-0.05, 0) is 79.9 Å². The highest BCUT2D eigenvalue weighted by atomic mass is 32.2. The molecule has 0 atom stereocenters. The van der Waals surface area contributed by atoms with Gasteiger partial charge in [0.1, 0.15) is 0 Å². The van der Waals surface area contributed by atoms with E-state index in [1.54, 1.807) is 18.2 Å². The highest BCUT2D eigenvalue weighted by Gasteiger charge is 2.23. The molecule has 33 heavy (non-hydrogen) atoms. The Morgan fingerprint density at radius 3 is 2.18 bits per heavy atom. The quantitative estimate of drug-likeness (QED) is 0.610. The van der Waals surface area contributed by atoms with Crippen LogP contribution in [0.4, 0.5) is 11.4 Å². The molecule has 172 valence electrons. The zero-order valence-electron chi connectivity index (χ0n) is 19.2. The summed E-state index contributed by atoms with van der Waals surface area (Å²) in [7, 11) is -3.74. The van der Waals surface area contributed by atoms with E-state index in [0.717, 1.165) is 24.2 Å². The summed E-state index contributed by atoms with van der Waals surface area (Å²) < 4.78 is 28.3. The van der Waals surface area contributed by atoms with Crippen LogP contribution in [0.15, 0.2) is 71.6 Å². The average Bonchev–Trinajstić information content (AvgIpc) is 2.82. The molecule has 0 bridgehead atoms. The monoisotopic (exact) mass is 463 g/mol. The van der Waals surface area contributed by atoms with E-state index in [9.17, 15) is 13.2 Å². The fourth-order valence-electron chi connectivity index (χ4n) is 4.02. The number of piperazine rings is 1. The number of hydrogen-bond donors (Lipinski definition) is 1. The highest BCUT2D eigenvalue weighted by Crippen LogP contribution is 2.23. The van der Waals surface area contributed by atoms with E-state index in [0.29, 0.717) is 24.3 Å². The molecule has 3 aromatic carbocycles. The summed E-state index contributed by atoms with van der Waals surface area (Å²) in [5.74, 6) is -0.0784. The first-order valence-corrected chi connectivity index (χ1v) is 12.5. The number of carbonyl (C=O) groups excluding carboxylic acids is 1. The highest BCUT2D eigenvalue weighted by molar-refractivity contribution is 7.92. The van der Waals surface area contributed by atoms with Crippen molar-refractivity contribution in [2.45, 2.75) is 25.7 Å². The Morgan fingerprint density at radius 2 is 1.52 bits per heavy atom. The van der Waals surface area contributed by atoms with E-state index in [-0.39, 0.29) is 10.8 Å². The molecule has 6 nitrogen and oxygen atoms in total. The van der Waals surface area contributed by atoms with Crippen LogP contribution >= 0.6 is 0 Å². The molecule has 7 heteroatoms. The summed E-state index contributed by atoms with van der Waals surface area (Å²) >= 11 is 0. The molecule has 0 aliphatic carbocycles. The molecule has 3 aromatic rings. The Balaban J connectivity index is 1.41. The van der Waals surface area contributed by atoms with Crippen molar-refractivity contribution in [1.29, 1.82) is 0 Å². The zero-order chi connectivity index (χ0) is 23.6. The first-order valence-electron chi connectivity index (χ1n) is 11.0. The molecule has 0 saturated carbocycles. The fourth-order valence-corrected chi connectivity index (χ4v) is 5.14. The van der Waals surface area contributed by atoms with Gasteiger partial charge in [-0.1, -0.05) is 24.3 Å². The van der Waals surface area contributed by atoms with Crippen molar-refractivity contribution < 1.29 is 13.2 Å². The summed E-state index contributed by atoms with van der Waals surface area (Å²) in [6.07, 6.45) is 0. The Kier molecular flexibility index (Phi) is 6.42. The van der Waals surface area contributed by atoms with Gasteiger partial charge in [0.15, 0.2) is 0 Å². The molecule has 1 saturated heterocycles. The Labute approximate surface area is 195 Å². The summed E-state index contributed by atoms with van der Waals surface area (Å²) in [4.78, 5) is 17.2. The third-order valence-electron chi connectivity index (χ3n) is 6.19. The predicted octanol–water partition coefficient (Wildman–Crippen LogP) is 4.38. The number of hydrogen-bond acceptors (Lipinski definition) is 4. The minimum atomic E-state index is -3.74. The number of rotatable bonds is 5. The number of benzene rings is 3. The molecule has 1 N–H and O–H groups in total. The third-order valence-corrected chi connectivity index (χ3v) is 7.58. The molecule has 0 radical (unpaired) electrons. The predicted molar refractivity (Wildman–Crippen MR) is 132 cm³/mol. The van der Waals surface area contributed by atoms with Gasteiger partial charge in [0.25, 0.3) is 15.9 Å². The van der Waals surface area contributed by atoms with E-state index in [1.807, 2.05) is 36.9 Å². The topological polar surface area (TPSA) is 69.7 Å². The van der Waals surface area contributed by atoms with Gasteiger partial charge in [0, 0.05) is 37.4 Å². The summed E-state index contributed by atoms with van der Waals surface area (Å²) in [6, 6.07) is 20.0. The van der Waals surface area contributed by atoms with Crippen LogP contribution in [0, 0.1) is 20.8 Å². The van der Waals surface area contributed by atoms with Crippen LogP contribution in [-0.2, 0) is 10.0 Å². The van der Waals surface area contributed by atoms with E-state index in [1.165, 1.54) is 23.4 Å². The molecule has 1 heterocycles. The summed E-state index contributed by atoms with van der Waals surface area (Å²) in [6.45, 7) is 8.68. The number of nitrogens with one attached hydrogen (secondary N) is 1. The second-order valence-electron chi connectivity index (χ2n) is 8.50. The number of aryl methyl sites for hydroxylation is 2. The molecule has 4 rings (SSSR count). The minimum Gasteiger partial charge on any atom is -0.368 e. The van der Waals surface area contributed by atoms with Crippen LogP contribution < -0.4 is 9.62 Å². The van der Waals surface area contributed by atoms with Crippen LogP contribution in [0.1, 0.15) is 27.0 Å². The van der Waals surface area contributed by atoms with E-state index in [2.05, 4.69) is 34.7 Å². The van der Waals surface area contributed by atoms with Crippen LogP contribution in [0.3, 0.4) is 0 Å². The lowest BCUT2D eigenvalue weighted by atomic mass is 10.1. The fraction of sp³-hybridized carbons (Fsp3) is 0.269. The van der Waals surface area contributed by atoms with Crippen molar-refractivity contribution in [3.8, 4) is 0 Å². The van der Waals surface area contributed by atoms with Gasteiger partial charge < -0.3 is 9.80 Å². The Morgan fingerprint density at radius 1 is 0.848 bits per heavy atom. The van der Waals surface area contributed by atoms with E-state index >= 15 is 0 Å². The second kappa shape index (κ2) is 9.27. The van der Waals surface area contributed by atoms with Crippen LogP contribution in [0.2, 0.25) is 0 Å². The average molecular weight is 464 g/mol. The smallest absolute Gasteiger partial charge is 0.261 e. The van der Waals surface area contributed by atoms with E-state index in [4.69, 9.17) is 0 Å². The summed E-state index contributed by atoms with van der Waals surface area (Å²) in [5, 5.41) is 0. The number of anilines is 2. The molecular weight excluding hydrogens is 434 g/mol. The van der Waals surface area contributed by atoms with Crippen molar-refractivity contribution in [1.82, 2.24) is 4.90 Å². The SMILES string of the molecule is Cc1cccc(N2CCN(C(=O)c3ccc(S(=O)(=O)Nc4cccc(C)c4C)cc3)CC2)c1. The first kappa shape index (κ1) is 22.9. The maximum Gasteiger partial charge on any atom is 0.261 e. The lowest BCUT2D eigenvalue weighted by molar-refractivity contribution is 0.0746. The van der Waals surface area contributed by atoms with Gasteiger partial charge in [-0.3, -0.25) is 9.52 Å². The second-order valence-corrected chi connectivity index (χ2v) is 10.2. The van der Waals surface area contributed by atoms with Gasteiger partial charge >= 0.3 is 0 Å². The zero-order valence-corrected chi connectivity index (χ0v) is 20.0. The first-order chi connectivity index (χ1) is 15.7. The van der Waals surface area contributed by atoms with Gasteiger partial charge in [0.2, 0.25) is 0 Å². The number of sulfonamides is 1. The van der Waals surface area contributed by atoms with E-state index < -0.39 is 10.0 Å². The molecule has 0 spiro atoms. The normalized spacial score (nSPS) is 14.3. The molecule has 0 unspecified atom stereocenters. The Bertz CT molecular complexity index is 1260. The lowest BCUT2D eigenvalue weighted by Crippen LogP contribution is -2.48. The maximum absolute atomic E-state index is 13.0. The summed E-state index contributed by atoms with van der Waals surface area (Å²) in [5.41, 5.74) is 5.34. The van der Waals surface area contributed by atoms with Crippen LogP contribution in [0.5, 0.6) is 0 Å². The van der Waals surface area contributed by atoms with Crippen LogP contribution in [-0.4, -0.2) is 45.4 Å². The molecule has 1 amide bonds. The van der Waals surface area contributed by atoms with Crippen molar-refractivity contribution in [3.05, 3.63) is 89.0 Å². The lowest BCUT2D eigenvalue weighted by Gasteiger charge is -2.36. The van der Waals surface area contributed by atoms with Gasteiger partial charge in [-0.25, -0.2) is 8.42 Å². The van der Waals surface area contributed by atoms with Gasteiger partial charge in [-0.2, -0.15) is 0 Å². The van der Waals surface area contributed by atoms with Crippen molar-refractivity contribution in [3.63, 3.8) is 0 Å². The Hall–Kier alpha value is -3.32. The largest absolute Gasteiger partial charge is 0.368 e. The molecule has 0 aromatic heterocycles. The van der Waals surface area contributed by atoms with Crippen molar-refractivity contribution in [2.75, 3.05) is 35.8 Å². The molecule has 1 aliphatic heterocycles. The van der Waals surface area contributed by atoms with Crippen molar-refractivity contribution >= 4 is 27.3 Å². The van der Waals surface area contributed by atoms with Crippen molar-refractivity contribution in [2.24, 2.45) is 0 Å². The van der Waals surface area contributed by atoms with Gasteiger partial charge in [0.05, 0.1) is 10.6 Å². The molecular formula is C26H29N3O3S. The molecule has 1 aliphatic rings. The van der Waals surface area contributed by atoms with Crippen LogP contribution in [0.25, 0.3) is 0 Å². The number of amides is 1. The number of nitrogens with zero attached hydrogens (tertiary/aromatic N) is 2. The molecule has 1 fully saturated rings. The number of carbonyl (C=O) groups is 1. The standard InChI is InChI=1S/C26H29N3O3S/c1-19-6-4-8-23(18-19)28-14-16-29(17-15-28)26(30)22-10-12-24(13-11-22)33(31,32)27-25-9-5-7-20(2)21(25)3/h4-13,18,27H,14-17H2,1-3H3. The minimum absolute atomic E-state index is 0.0784.